The van der Waals surface area contributed by atoms with Gasteiger partial charge in [-0.05, 0) is 23.1 Å². The van der Waals surface area contributed by atoms with Gasteiger partial charge in [-0.25, -0.2) is 0 Å². The van der Waals surface area contributed by atoms with Crippen molar-refractivity contribution < 1.29 is 9.59 Å². The van der Waals surface area contributed by atoms with Gasteiger partial charge in [0.25, 0.3) is 0 Å². The number of hydrogen-bond donors (Lipinski definition) is 3. The van der Waals surface area contributed by atoms with Crippen molar-refractivity contribution in [2.75, 3.05) is 0 Å². The summed E-state index contributed by atoms with van der Waals surface area (Å²) in [5, 5.41) is 3.76. The third-order valence-corrected chi connectivity index (χ3v) is 4.35. The van der Waals surface area contributed by atoms with Crippen molar-refractivity contribution >= 4 is 22.7 Å². The second-order valence-electron chi connectivity index (χ2n) is 6.29. The van der Waals surface area contributed by atoms with Gasteiger partial charge in [0, 0.05) is 24.7 Å². The fourth-order valence-electron chi connectivity index (χ4n) is 2.95. The summed E-state index contributed by atoms with van der Waals surface area (Å²) in [4.78, 5) is 24.2. The maximum Gasteiger partial charge on any atom is 0.240 e. The van der Waals surface area contributed by atoms with Gasteiger partial charge in [-0.3, -0.25) is 9.59 Å². The van der Waals surface area contributed by atoms with E-state index in [1.807, 2.05) is 71.4 Å². The number of nitrogens with one attached hydrogen (secondary N) is 1. The monoisotopic (exact) mass is 350 g/mol. The predicted octanol–water partition coefficient (Wildman–Crippen LogP) is 1.18. The number of carbonyl (C=O) groups is 2. The van der Waals surface area contributed by atoms with Crippen LogP contribution in [0.1, 0.15) is 5.56 Å². The Morgan fingerprint density at radius 2 is 1.69 bits per heavy atom. The van der Waals surface area contributed by atoms with Crippen molar-refractivity contribution in [1.29, 1.82) is 0 Å². The van der Waals surface area contributed by atoms with Crippen LogP contribution >= 0.6 is 0 Å². The van der Waals surface area contributed by atoms with Gasteiger partial charge in [-0.2, -0.15) is 0 Å². The molecule has 0 fully saturated rings. The maximum atomic E-state index is 12.5. The minimum atomic E-state index is -0.794. The summed E-state index contributed by atoms with van der Waals surface area (Å²) in [5.41, 5.74) is 13.4. The first kappa shape index (κ1) is 17.7. The van der Waals surface area contributed by atoms with Crippen LogP contribution in [0.25, 0.3) is 10.9 Å². The van der Waals surface area contributed by atoms with Crippen molar-refractivity contribution in [3.05, 3.63) is 72.4 Å². The topological polar surface area (TPSA) is 103 Å². The molecule has 5 N–H and O–H groups in total. The van der Waals surface area contributed by atoms with Gasteiger partial charge >= 0.3 is 0 Å². The number of primary amides is 1. The van der Waals surface area contributed by atoms with Crippen LogP contribution in [0.3, 0.4) is 0 Å². The Labute approximate surface area is 151 Å². The quantitative estimate of drug-likeness (QED) is 0.596. The first-order chi connectivity index (χ1) is 12.5. The fraction of sp³-hybridized carbons (Fsp3) is 0.200. The molecule has 1 heterocycles. The van der Waals surface area contributed by atoms with Crippen molar-refractivity contribution in [2.45, 2.75) is 25.0 Å². The number of aromatic nitrogens is 1. The average molecular weight is 350 g/mol. The van der Waals surface area contributed by atoms with E-state index in [1.165, 1.54) is 0 Å². The number of amides is 2. The van der Waals surface area contributed by atoms with Gasteiger partial charge in [-0.1, -0.05) is 48.5 Å². The van der Waals surface area contributed by atoms with Gasteiger partial charge in [0.05, 0.1) is 0 Å². The molecule has 6 heteroatoms. The summed E-state index contributed by atoms with van der Waals surface area (Å²) in [5.74, 6) is -0.983. The highest BCUT2D eigenvalue weighted by molar-refractivity contribution is 5.89. The number of nitrogens with two attached hydrogens (primary N) is 2. The Balaban J connectivity index is 1.66. The second-order valence-corrected chi connectivity index (χ2v) is 6.29. The van der Waals surface area contributed by atoms with Gasteiger partial charge in [-0.15, -0.1) is 0 Å². The Morgan fingerprint density at radius 1 is 1.00 bits per heavy atom. The van der Waals surface area contributed by atoms with E-state index in [0.717, 1.165) is 16.5 Å². The Hall–Kier alpha value is -3.12. The van der Waals surface area contributed by atoms with Crippen LogP contribution in [0.2, 0.25) is 0 Å². The molecule has 0 aliphatic carbocycles. The molecule has 1 aromatic heterocycles. The normalized spacial score (nSPS) is 13.3. The summed E-state index contributed by atoms with van der Waals surface area (Å²) in [6.07, 6.45) is 2.23. The summed E-state index contributed by atoms with van der Waals surface area (Å²) in [7, 11) is 0. The molecule has 134 valence electrons. The standard InChI is InChI=1S/C20H22N4O2/c21-16(13-24-11-10-15-8-4-5-9-18(15)24)20(26)23-17(19(22)25)12-14-6-2-1-3-7-14/h1-11,16-17H,12-13,21H2,(H2,22,25)(H,23,26)/t16-,17-/m0/s1. The fourth-order valence-corrected chi connectivity index (χ4v) is 2.95. The molecule has 0 spiro atoms. The van der Waals surface area contributed by atoms with Crippen LogP contribution in [0.15, 0.2) is 66.9 Å². The molecule has 0 bridgehead atoms. The lowest BCUT2D eigenvalue weighted by Crippen LogP contribution is -2.52. The third kappa shape index (κ3) is 4.10. The highest BCUT2D eigenvalue weighted by atomic mass is 16.2. The summed E-state index contributed by atoms with van der Waals surface area (Å²) in [6.45, 7) is 0.316. The molecule has 2 aromatic carbocycles. The van der Waals surface area contributed by atoms with E-state index >= 15 is 0 Å². The molecule has 26 heavy (non-hydrogen) atoms. The van der Waals surface area contributed by atoms with Crippen LogP contribution in [0, 0.1) is 0 Å². The number of nitrogens with zero attached hydrogens (tertiary/aromatic N) is 1. The highest BCUT2D eigenvalue weighted by Gasteiger charge is 2.22. The SMILES string of the molecule is NC(=O)[C@H](Cc1ccccc1)NC(=O)[C@@H](N)Cn1ccc2ccccc21. The molecule has 2 amide bonds. The number of fused-ring (bicyclic) bond motifs is 1. The smallest absolute Gasteiger partial charge is 0.240 e. The lowest BCUT2D eigenvalue weighted by molar-refractivity contribution is -0.128. The largest absolute Gasteiger partial charge is 0.368 e. The summed E-state index contributed by atoms with van der Waals surface area (Å²) < 4.78 is 1.93. The van der Waals surface area contributed by atoms with Crippen LogP contribution in [0.4, 0.5) is 0 Å². The molecular weight excluding hydrogens is 328 g/mol. The van der Waals surface area contributed by atoms with E-state index in [1.54, 1.807) is 0 Å². The molecule has 0 saturated heterocycles. The molecule has 0 unspecified atom stereocenters. The Bertz CT molecular complexity index is 904. The zero-order valence-corrected chi connectivity index (χ0v) is 14.3. The van der Waals surface area contributed by atoms with Gasteiger partial charge < -0.3 is 21.4 Å². The molecule has 2 atom stereocenters. The summed E-state index contributed by atoms with van der Waals surface area (Å²) >= 11 is 0. The van der Waals surface area contributed by atoms with Gasteiger partial charge in [0.1, 0.15) is 12.1 Å². The van der Waals surface area contributed by atoms with Crippen molar-refractivity contribution in [3.8, 4) is 0 Å². The molecule has 3 aromatic rings. The lowest BCUT2D eigenvalue weighted by atomic mass is 10.1. The predicted molar refractivity (Wildman–Crippen MR) is 101 cm³/mol. The number of rotatable bonds is 7. The van der Waals surface area contributed by atoms with Crippen LogP contribution in [-0.4, -0.2) is 28.5 Å². The number of hydrogen-bond acceptors (Lipinski definition) is 3. The van der Waals surface area contributed by atoms with E-state index in [4.69, 9.17) is 11.5 Å². The minimum Gasteiger partial charge on any atom is -0.368 e. The van der Waals surface area contributed by atoms with Crippen LogP contribution < -0.4 is 16.8 Å². The number of carbonyl (C=O) groups excluding carboxylic acids is 2. The molecule has 0 aliphatic heterocycles. The molecular formula is C20H22N4O2. The van der Waals surface area contributed by atoms with Crippen molar-refractivity contribution in [2.24, 2.45) is 11.5 Å². The van der Waals surface area contributed by atoms with Crippen LogP contribution in [-0.2, 0) is 22.6 Å². The maximum absolute atomic E-state index is 12.5. The first-order valence-corrected chi connectivity index (χ1v) is 8.47. The molecule has 0 radical (unpaired) electrons. The lowest BCUT2D eigenvalue weighted by Gasteiger charge is -2.19. The zero-order chi connectivity index (χ0) is 18.5. The Morgan fingerprint density at radius 3 is 2.42 bits per heavy atom. The second kappa shape index (κ2) is 7.84. The molecule has 0 saturated carbocycles. The number of para-hydroxylation sites is 1. The first-order valence-electron chi connectivity index (χ1n) is 8.47. The molecule has 0 aliphatic rings. The summed E-state index contributed by atoms with van der Waals surface area (Å²) in [6, 6.07) is 17.7. The number of benzene rings is 2. The third-order valence-electron chi connectivity index (χ3n) is 4.35. The molecule has 6 nitrogen and oxygen atoms in total. The highest BCUT2D eigenvalue weighted by Crippen LogP contribution is 2.15. The van der Waals surface area contributed by atoms with E-state index in [2.05, 4.69) is 5.32 Å². The van der Waals surface area contributed by atoms with Gasteiger partial charge in [0.2, 0.25) is 11.8 Å². The van der Waals surface area contributed by atoms with Gasteiger partial charge in [0.15, 0.2) is 0 Å². The van der Waals surface area contributed by atoms with E-state index in [9.17, 15) is 9.59 Å². The van der Waals surface area contributed by atoms with Crippen molar-refractivity contribution in [3.63, 3.8) is 0 Å². The average Bonchev–Trinajstić information content (AvgIpc) is 3.05. The Kier molecular flexibility index (Phi) is 5.34. The minimum absolute atomic E-state index is 0.316. The van der Waals surface area contributed by atoms with Crippen molar-refractivity contribution in [1.82, 2.24) is 9.88 Å². The van der Waals surface area contributed by atoms with E-state index in [-0.39, 0.29) is 0 Å². The van der Waals surface area contributed by atoms with Crippen LogP contribution in [0.5, 0.6) is 0 Å². The van der Waals surface area contributed by atoms with E-state index in [0.29, 0.717) is 13.0 Å². The molecule has 3 rings (SSSR count). The van der Waals surface area contributed by atoms with E-state index < -0.39 is 23.9 Å². The zero-order valence-electron chi connectivity index (χ0n) is 14.3.